The molecule has 2 aromatic heterocycles. The molecule has 2 rings (SSSR count). The third-order valence-corrected chi connectivity index (χ3v) is 2.47. The molecule has 11 heavy (non-hydrogen) atoms. The molecule has 0 unspecified atom stereocenters. The normalized spacial score (nSPS) is 10.7. The summed E-state index contributed by atoms with van der Waals surface area (Å²) in [4.78, 5) is 4.06. The maximum Gasteiger partial charge on any atom is 0.169 e. The van der Waals surface area contributed by atoms with Crippen molar-refractivity contribution in [2.75, 3.05) is 0 Å². The van der Waals surface area contributed by atoms with Gasteiger partial charge in [0.1, 0.15) is 6.33 Å². The number of hydrogen-bond donors (Lipinski definition) is 0. The first-order chi connectivity index (χ1) is 5.27. The van der Waals surface area contributed by atoms with Crippen LogP contribution < -0.4 is 0 Å². The van der Waals surface area contributed by atoms with Gasteiger partial charge in [-0.25, -0.2) is 9.50 Å². The Hall–Kier alpha value is -0.170. The predicted octanol–water partition coefficient (Wildman–Crippen LogP) is 2.10. The van der Waals surface area contributed by atoms with Gasteiger partial charge in [0.15, 0.2) is 5.65 Å². The van der Waals surface area contributed by atoms with Crippen LogP contribution in [0.2, 0.25) is 0 Å². The van der Waals surface area contributed by atoms with Crippen molar-refractivity contribution in [3.8, 4) is 0 Å². The highest BCUT2D eigenvalue weighted by Crippen LogP contribution is 2.17. The Morgan fingerprint density at radius 2 is 2.36 bits per heavy atom. The van der Waals surface area contributed by atoms with Gasteiger partial charge < -0.3 is 0 Å². The van der Waals surface area contributed by atoms with Crippen LogP contribution in [0.4, 0.5) is 0 Å². The molecule has 0 amide bonds. The average molecular weight is 324 g/mol. The summed E-state index contributed by atoms with van der Waals surface area (Å²) >= 11 is 5.63. The molecule has 0 aromatic carbocycles. The zero-order valence-corrected chi connectivity index (χ0v) is 9.07. The number of pyridine rings is 1. The molecule has 0 spiro atoms. The van der Waals surface area contributed by atoms with E-state index in [2.05, 4.69) is 48.6 Å². The SMILES string of the molecule is Brc1cc(I)cn2ncnc12. The quantitative estimate of drug-likeness (QED) is 0.695. The minimum Gasteiger partial charge on any atom is -0.219 e. The highest BCUT2D eigenvalue weighted by molar-refractivity contribution is 14.1. The van der Waals surface area contributed by atoms with Crippen LogP contribution >= 0.6 is 38.5 Å². The molecule has 0 aliphatic rings. The average Bonchev–Trinajstić information content (AvgIpc) is 2.34. The predicted molar refractivity (Wildman–Crippen MR) is 53.4 cm³/mol. The highest BCUT2D eigenvalue weighted by atomic mass is 127. The maximum absolute atomic E-state index is 4.06. The highest BCUT2D eigenvalue weighted by Gasteiger charge is 2.00. The van der Waals surface area contributed by atoms with Crippen molar-refractivity contribution >= 4 is 44.2 Å². The van der Waals surface area contributed by atoms with E-state index in [-0.39, 0.29) is 0 Å². The minimum atomic E-state index is 0.852. The van der Waals surface area contributed by atoms with Gasteiger partial charge >= 0.3 is 0 Å². The fourth-order valence-electron chi connectivity index (χ4n) is 0.855. The van der Waals surface area contributed by atoms with Gasteiger partial charge in [0.2, 0.25) is 0 Å². The first kappa shape index (κ1) is 7.48. The second-order valence-electron chi connectivity index (χ2n) is 2.03. The number of nitrogens with zero attached hydrogens (tertiary/aromatic N) is 3. The van der Waals surface area contributed by atoms with Crippen LogP contribution in [-0.4, -0.2) is 14.6 Å². The summed E-state index contributed by atoms with van der Waals surface area (Å²) in [5.74, 6) is 0. The summed E-state index contributed by atoms with van der Waals surface area (Å²) < 4.78 is 3.85. The van der Waals surface area contributed by atoms with Crippen LogP contribution in [-0.2, 0) is 0 Å². The topological polar surface area (TPSA) is 30.2 Å². The molecule has 0 aliphatic carbocycles. The van der Waals surface area contributed by atoms with Gasteiger partial charge in [-0.15, -0.1) is 0 Å². The van der Waals surface area contributed by atoms with E-state index in [0.29, 0.717) is 0 Å². The van der Waals surface area contributed by atoms with Crippen molar-refractivity contribution in [2.24, 2.45) is 0 Å². The Kier molecular flexibility index (Phi) is 1.84. The summed E-state index contributed by atoms with van der Waals surface area (Å²) in [5, 5.41) is 4.01. The van der Waals surface area contributed by atoms with Gasteiger partial charge in [-0.2, -0.15) is 5.10 Å². The van der Waals surface area contributed by atoms with Gasteiger partial charge in [0, 0.05) is 9.77 Å². The van der Waals surface area contributed by atoms with Crippen molar-refractivity contribution in [3.63, 3.8) is 0 Å². The molecule has 3 nitrogen and oxygen atoms in total. The van der Waals surface area contributed by atoms with Gasteiger partial charge in [-0.1, -0.05) is 0 Å². The van der Waals surface area contributed by atoms with Crippen molar-refractivity contribution in [1.82, 2.24) is 14.6 Å². The third-order valence-electron chi connectivity index (χ3n) is 1.30. The monoisotopic (exact) mass is 323 g/mol. The number of aromatic nitrogens is 3. The maximum atomic E-state index is 4.06. The van der Waals surface area contributed by atoms with Crippen LogP contribution in [0.25, 0.3) is 5.65 Å². The largest absolute Gasteiger partial charge is 0.219 e. The Labute approximate surface area is 85.1 Å². The van der Waals surface area contributed by atoms with E-state index in [1.807, 2.05) is 12.3 Å². The number of hydrogen-bond acceptors (Lipinski definition) is 2. The second-order valence-corrected chi connectivity index (χ2v) is 4.13. The van der Waals surface area contributed by atoms with Crippen LogP contribution in [0.3, 0.4) is 0 Å². The molecule has 5 heteroatoms. The van der Waals surface area contributed by atoms with Crippen molar-refractivity contribution in [3.05, 3.63) is 26.6 Å². The van der Waals surface area contributed by atoms with E-state index in [0.717, 1.165) is 13.7 Å². The smallest absolute Gasteiger partial charge is 0.169 e. The van der Waals surface area contributed by atoms with E-state index < -0.39 is 0 Å². The molecule has 0 fully saturated rings. The molecule has 2 aromatic rings. The molecule has 0 atom stereocenters. The molecule has 0 aliphatic heterocycles. The van der Waals surface area contributed by atoms with Gasteiger partial charge in [0.05, 0.1) is 4.47 Å². The lowest BCUT2D eigenvalue weighted by Crippen LogP contribution is -1.88. The number of halogens is 2. The van der Waals surface area contributed by atoms with E-state index in [1.165, 1.54) is 6.33 Å². The van der Waals surface area contributed by atoms with E-state index in [9.17, 15) is 0 Å². The van der Waals surface area contributed by atoms with Crippen molar-refractivity contribution in [2.45, 2.75) is 0 Å². The van der Waals surface area contributed by atoms with Crippen molar-refractivity contribution < 1.29 is 0 Å². The molecule has 2 heterocycles. The first-order valence-corrected chi connectivity index (χ1v) is 4.79. The minimum absolute atomic E-state index is 0.852. The van der Waals surface area contributed by atoms with Gasteiger partial charge in [-0.05, 0) is 44.6 Å². The molecular formula is C6H3BrIN3. The van der Waals surface area contributed by atoms with Crippen molar-refractivity contribution in [1.29, 1.82) is 0 Å². The van der Waals surface area contributed by atoms with E-state index in [4.69, 9.17) is 0 Å². The van der Waals surface area contributed by atoms with Crippen LogP contribution in [0.15, 0.2) is 23.1 Å². The summed E-state index contributed by atoms with van der Waals surface area (Å²) in [5.41, 5.74) is 0.852. The lowest BCUT2D eigenvalue weighted by atomic mass is 10.5. The van der Waals surface area contributed by atoms with Gasteiger partial charge in [0.25, 0.3) is 0 Å². The standard InChI is InChI=1S/C6H3BrIN3/c7-5-1-4(8)2-11-6(5)9-3-10-11/h1-3H. The summed E-state index contributed by atoms with van der Waals surface area (Å²) in [6.07, 6.45) is 3.46. The number of rotatable bonds is 0. The summed E-state index contributed by atoms with van der Waals surface area (Å²) in [6, 6.07) is 2.00. The molecule has 56 valence electrons. The zero-order chi connectivity index (χ0) is 7.84. The fourth-order valence-corrected chi connectivity index (χ4v) is 2.39. The van der Waals surface area contributed by atoms with Gasteiger partial charge in [-0.3, -0.25) is 0 Å². The van der Waals surface area contributed by atoms with E-state index in [1.54, 1.807) is 4.52 Å². The zero-order valence-electron chi connectivity index (χ0n) is 5.33. The molecule has 0 saturated carbocycles. The Bertz CT molecular complexity index is 398. The second kappa shape index (κ2) is 2.71. The molecule has 0 radical (unpaired) electrons. The first-order valence-electron chi connectivity index (χ1n) is 2.92. The van der Waals surface area contributed by atoms with Crippen LogP contribution in [0.1, 0.15) is 0 Å². The summed E-state index contributed by atoms with van der Waals surface area (Å²) in [7, 11) is 0. The fraction of sp³-hybridized carbons (Fsp3) is 0. The Balaban J connectivity index is 2.91. The summed E-state index contributed by atoms with van der Waals surface area (Å²) in [6.45, 7) is 0. The molecule has 0 bridgehead atoms. The van der Waals surface area contributed by atoms with Crippen LogP contribution in [0.5, 0.6) is 0 Å². The van der Waals surface area contributed by atoms with Crippen LogP contribution in [0, 0.1) is 3.57 Å². The Morgan fingerprint density at radius 3 is 3.18 bits per heavy atom. The Morgan fingerprint density at radius 1 is 1.55 bits per heavy atom. The lowest BCUT2D eigenvalue weighted by molar-refractivity contribution is 0.953. The third kappa shape index (κ3) is 1.26. The lowest BCUT2D eigenvalue weighted by Gasteiger charge is -1.94. The molecule has 0 saturated heterocycles. The molecular weight excluding hydrogens is 321 g/mol. The number of fused-ring (bicyclic) bond motifs is 1. The van der Waals surface area contributed by atoms with E-state index >= 15 is 0 Å². The molecule has 0 N–H and O–H groups in total.